The highest BCUT2D eigenvalue weighted by Gasteiger charge is 2.21. The topological polar surface area (TPSA) is 32.3 Å². The predicted octanol–water partition coefficient (Wildman–Crippen LogP) is 1.57. The normalized spacial score (nSPS) is 21.9. The summed E-state index contributed by atoms with van der Waals surface area (Å²) in [6, 6.07) is 4.18. The van der Waals surface area contributed by atoms with Crippen molar-refractivity contribution < 1.29 is 9.50 Å². The van der Waals surface area contributed by atoms with Gasteiger partial charge in [0.05, 0.1) is 0 Å². The predicted molar refractivity (Wildman–Crippen MR) is 43.4 cm³/mol. The molecule has 2 N–H and O–H groups in total. The van der Waals surface area contributed by atoms with Crippen LogP contribution in [-0.4, -0.2) is 11.7 Å². The number of aromatic hydroxyl groups is 1. The molecule has 1 atom stereocenters. The van der Waals surface area contributed by atoms with E-state index in [2.05, 4.69) is 5.32 Å². The third-order valence-electron chi connectivity index (χ3n) is 2.19. The van der Waals surface area contributed by atoms with Gasteiger partial charge in [0.15, 0.2) is 0 Å². The van der Waals surface area contributed by atoms with Crippen molar-refractivity contribution in [1.82, 2.24) is 5.32 Å². The van der Waals surface area contributed by atoms with Crippen molar-refractivity contribution in [3.8, 4) is 5.75 Å². The van der Waals surface area contributed by atoms with Crippen molar-refractivity contribution in [2.24, 2.45) is 0 Å². The molecule has 1 fully saturated rings. The van der Waals surface area contributed by atoms with Gasteiger partial charge < -0.3 is 10.4 Å². The van der Waals surface area contributed by atoms with E-state index in [0.717, 1.165) is 13.0 Å². The first-order valence-corrected chi connectivity index (χ1v) is 3.99. The van der Waals surface area contributed by atoms with E-state index in [1.165, 1.54) is 18.2 Å². The summed E-state index contributed by atoms with van der Waals surface area (Å²) in [6.07, 6.45) is 0.969. The summed E-state index contributed by atoms with van der Waals surface area (Å²) < 4.78 is 12.7. The lowest BCUT2D eigenvalue weighted by molar-refractivity contribution is 0.362. The second-order valence-corrected chi connectivity index (χ2v) is 3.00. The first kappa shape index (κ1) is 7.55. The van der Waals surface area contributed by atoms with Crippen molar-refractivity contribution >= 4 is 0 Å². The molecule has 64 valence electrons. The zero-order chi connectivity index (χ0) is 8.55. The maximum absolute atomic E-state index is 12.7. The summed E-state index contributed by atoms with van der Waals surface area (Å²) in [5, 5.41) is 12.5. The Morgan fingerprint density at radius 1 is 1.50 bits per heavy atom. The second kappa shape index (κ2) is 2.75. The van der Waals surface area contributed by atoms with Gasteiger partial charge in [-0.1, -0.05) is 0 Å². The van der Waals surface area contributed by atoms with Crippen molar-refractivity contribution in [2.75, 3.05) is 6.54 Å². The first-order valence-electron chi connectivity index (χ1n) is 3.99. The number of halogens is 1. The summed E-state index contributed by atoms with van der Waals surface area (Å²) >= 11 is 0. The Kier molecular flexibility index (Phi) is 1.73. The van der Waals surface area contributed by atoms with Gasteiger partial charge in [-0.15, -0.1) is 0 Å². The molecule has 1 aromatic rings. The van der Waals surface area contributed by atoms with Gasteiger partial charge >= 0.3 is 0 Å². The minimum atomic E-state index is -0.295. The Morgan fingerprint density at radius 3 is 2.83 bits per heavy atom. The average molecular weight is 167 g/mol. The van der Waals surface area contributed by atoms with Gasteiger partial charge in [0, 0.05) is 11.6 Å². The molecule has 1 saturated heterocycles. The Hall–Kier alpha value is -1.09. The summed E-state index contributed by atoms with van der Waals surface area (Å²) in [7, 11) is 0. The molecule has 2 rings (SSSR count). The van der Waals surface area contributed by atoms with E-state index in [1.807, 2.05) is 0 Å². The molecule has 0 bridgehead atoms. The standard InChI is InChI=1S/C9H10FNO/c10-6-1-2-9(12)7(5-6)8-3-4-11-8/h1-2,5,8,11-12H,3-4H2/t8-/m0/s1. The molecule has 1 heterocycles. The third-order valence-corrected chi connectivity index (χ3v) is 2.19. The highest BCUT2D eigenvalue weighted by Crippen LogP contribution is 2.30. The number of rotatable bonds is 1. The van der Waals surface area contributed by atoms with Crippen LogP contribution in [-0.2, 0) is 0 Å². The van der Waals surface area contributed by atoms with Gasteiger partial charge in [-0.2, -0.15) is 0 Å². The summed E-state index contributed by atoms with van der Waals surface area (Å²) in [5.41, 5.74) is 0.668. The molecular weight excluding hydrogens is 157 g/mol. The van der Waals surface area contributed by atoms with Gasteiger partial charge in [0.2, 0.25) is 0 Å². The van der Waals surface area contributed by atoms with Gasteiger partial charge in [0.1, 0.15) is 11.6 Å². The van der Waals surface area contributed by atoms with E-state index in [0.29, 0.717) is 5.56 Å². The van der Waals surface area contributed by atoms with Crippen LogP contribution in [0.3, 0.4) is 0 Å². The number of phenols is 1. The maximum atomic E-state index is 12.7. The van der Waals surface area contributed by atoms with Crippen LogP contribution in [0.25, 0.3) is 0 Å². The Balaban J connectivity index is 2.34. The van der Waals surface area contributed by atoms with E-state index in [9.17, 15) is 9.50 Å². The lowest BCUT2D eigenvalue weighted by Crippen LogP contribution is -2.34. The van der Waals surface area contributed by atoms with Crippen LogP contribution in [0.1, 0.15) is 18.0 Å². The quantitative estimate of drug-likeness (QED) is 0.665. The van der Waals surface area contributed by atoms with Crippen LogP contribution < -0.4 is 5.32 Å². The minimum Gasteiger partial charge on any atom is -0.508 e. The number of phenolic OH excluding ortho intramolecular Hbond substituents is 1. The molecular formula is C9H10FNO. The van der Waals surface area contributed by atoms with Gasteiger partial charge in [-0.05, 0) is 31.2 Å². The van der Waals surface area contributed by atoms with Crippen LogP contribution in [0.2, 0.25) is 0 Å². The van der Waals surface area contributed by atoms with Gasteiger partial charge in [0.25, 0.3) is 0 Å². The third kappa shape index (κ3) is 1.16. The maximum Gasteiger partial charge on any atom is 0.123 e. The Labute approximate surface area is 70.0 Å². The summed E-state index contributed by atoms with van der Waals surface area (Å²) in [5.74, 6) is -0.120. The lowest BCUT2D eigenvalue weighted by Gasteiger charge is -2.28. The van der Waals surface area contributed by atoms with Crippen molar-refractivity contribution in [1.29, 1.82) is 0 Å². The number of hydrogen-bond donors (Lipinski definition) is 2. The van der Waals surface area contributed by atoms with Crippen LogP contribution in [0.5, 0.6) is 5.75 Å². The van der Waals surface area contributed by atoms with E-state index in [4.69, 9.17) is 0 Å². The SMILES string of the molecule is Oc1ccc(F)cc1[C@@H]1CCN1. The molecule has 0 aromatic heterocycles. The molecule has 0 saturated carbocycles. The van der Waals surface area contributed by atoms with Gasteiger partial charge in [-0.3, -0.25) is 0 Å². The molecule has 0 unspecified atom stereocenters. The monoisotopic (exact) mass is 167 g/mol. The summed E-state index contributed by atoms with van der Waals surface area (Å²) in [6.45, 7) is 0.945. The lowest BCUT2D eigenvalue weighted by atomic mass is 9.97. The fourth-order valence-electron chi connectivity index (χ4n) is 1.36. The van der Waals surface area contributed by atoms with Crippen LogP contribution in [0.15, 0.2) is 18.2 Å². The largest absolute Gasteiger partial charge is 0.508 e. The van der Waals surface area contributed by atoms with Crippen LogP contribution in [0.4, 0.5) is 4.39 Å². The van der Waals surface area contributed by atoms with Crippen molar-refractivity contribution in [2.45, 2.75) is 12.5 Å². The molecule has 12 heavy (non-hydrogen) atoms. The molecule has 1 aliphatic rings. The summed E-state index contributed by atoms with van der Waals surface area (Å²) in [4.78, 5) is 0. The van der Waals surface area contributed by atoms with E-state index in [-0.39, 0.29) is 17.6 Å². The molecule has 0 amide bonds. The molecule has 2 nitrogen and oxygen atoms in total. The number of hydrogen-bond acceptors (Lipinski definition) is 2. The van der Waals surface area contributed by atoms with Crippen molar-refractivity contribution in [3.05, 3.63) is 29.6 Å². The molecule has 0 spiro atoms. The highest BCUT2D eigenvalue weighted by atomic mass is 19.1. The zero-order valence-electron chi connectivity index (χ0n) is 6.55. The molecule has 0 radical (unpaired) electrons. The van der Waals surface area contributed by atoms with Crippen LogP contribution >= 0.6 is 0 Å². The second-order valence-electron chi connectivity index (χ2n) is 3.00. The average Bonchev–Trinajstić information content (AvgIpc) is 1.93. The van der Waals surface area contributed by atoms with E-state index < -0.39 is 0 Å². The molecule has 1 aromatic carbocycles. The van der Waals surface area contributed by atoms with E-state index >= 15 is 0 Å². The Bertz CT molecular complexity index is 297. The zero-order valence-corrected chi connectivity index (χ0v) is 6.55. The first-order chi connectivity index (χ1) is 5.77. The molecule has 1 aliphatic heterocycles. The smallest absolute Gasteiger partial charge is 0.123 e. The van der Waals surface area contributed by atoms with Crippen molar-refractivity contribution in [3.63, 3.8) is 0 Å². The minimum absolute atomic E-state index is 0.140. The molecule has 3 heteroatoms. The highest BCUT2D eigenvalue weighted by molar-refractivity contribution is 5.36. The van der Waals surface area contributed by atoms with E-state index in [1.54, 1.807) is 0 Å². The number of nitrogens with one attached hydrogen (secondary N) is 1. The Morgan fingerprint density at radius 2 is 2.25 bits per heavy atom. The number of benzene rings is 1. The molecule has 0 aliphatic carbocycles. The van der Waals surface area contributed by atoms with Gasteiger partial charge in [-0.25, -0.2) is 4.39 Å². The van der Waals surface area contributed by atoms with Crippen LogP contribution in [0, 0.1) is 5.82 Å². The fourth-order valence-corrected chi connectivity index (χ4v) is 1.36. The fraction of sp³-hybridized carbons (Fsp3) is 0.333.